The second kappa shape index (κ2) is 7.94. The zero-order valence-corrected chi connectivity index (χ0v) is 23.8. The van der Waals surface area contributed by atoms with Crippen molar-refractivity contribution in [3.63, 3.8) is 0 Å². The lowest BCUT2D eigenvalue weighted by atomic mass is 9.97. The van der Waals surface area contributed by atoms with Gasteiger partial charge in [-0.3, -0.25) is 0 Å². The van der Waals surface area contributed by atoms with Crippen LogP contribution in [0.3, 0.4) is 0 Å². The van der Waals surface area contributed by atoms with Gasteiger partial charge in [0.2, 0.25) is 0 Å². The Labute approximate surface area is 252 Å². The fraction of sp³-hybridized carbons (Fsp3) is 0. The number of rotatable bonds is 2. The summed E-state index contributed by atoms with van der Waals surface area (Å²) in [6.45, 7) is 0. The normalized spacial score (nSPS) is 12.5. The highest BCUT2D eigenvalue weighted by atomic mass is 14.9. The molecular formula is C42H24N2. The van der Waals surface area contributed by atoms with Crippen LogP contribution in [0.15, 0.2) is 146 Å². The van der Waals surface area contributed by atoms with Crippen LogP contribution in [0.4, 0.5) is 0 Å². The van der Waals surface area contributed by atoms with E-state index in [-0.39, 0.29) is 0 Å². The van der Waals surface area contributed by atoms with Gasteiger partial charge in [-0.15, -0.1) is 0 Å². The monoisotopic (exact) mass is 556 g/mol. The first-order valence-corrected chi connectivity index (χ1v) is 15.3. The summed E-state index contributed by atoms with van der Waals surface area (Å²) in [6, 6.07) is 53.8. The molecule has 11 aromatic rings. The second-order valence-electron chi connectivity index (χ2n) is 12.1. The zero-order chi connectivity index (χ0) is 28.5. The molecule has 11 rings (SSSR count). The Morgan fingerprint density at radius 1 is 0.295 bits per heavy atom. The lowest BCUT2D eigenvalue weighted by molar-refractivity contribution is 1.37. The molecule has 202 valence electrons. The molecule has 0 bridgehead atoms. The second-order valence-corrected chi connectivity index (χ2v) is 12.1. The fourth-order valence-corrected chi connectivity index (χ4v) is 8.18. The predicted octanol–water partition coefficient (Wildman–Crippen LogP) is 11.3. The fourth-order valence-electron chi connectivity index (χ4n) is 8.18. The van der Waals surface area contributed by atoms with E-state index in [4.69, 9.17) is 0 Å². The van der Waals surface area contributed by atoms with Gasteiger partial charge in [0.15, 0.2) is 0 Å². The molecule has 0 saturated heterocycles. The molecule has 7 aromatic carbocycles. The number of hydrogen-bond donors (Lipinski definition) is 0. The SMILES string of the molecule is c1ccc(-c2ccc3c(c2)c2cccc4c5cc(-c6cccc7c6c6cccc8c9ccccc9n7c86)ccc5n3c24)cc1. The third-order valence-electron chi connectivity index (χ3n) is 9.98. The molecule has 0 N–H and O–H groups in total. The highest BCUT2D eigenvalue weighted by molar-refractivity contribution is 6.27. The van der Waals surface area contributed by atoms with Gasteiger partial charge >= 0.3 is 0 Å². The summed E-state index contributed by atoms with van der Waals surface area (Å²) in [5, 5.41) is 10.5. The van der Waals surface area contributed by atoms with E-state index in [2.05, 4.69) is 154 Å². The van der Waals surface area contributed by atoms with Gasteiger partial charge in [0.25, 0.3) is 0 Å². The Balaban J connectivity index is 1.19. The largest absolute Gasteiger partial charge is 0.308 e. The van der Waals surface area contributed by atoms with E-state index in [9.17, 15) is 0 Å². The van der Waals surface area contributed by atoms with Crippen molar-refractivity contribution >= 4 is 76.2 Å². The minimum atomic E-state index is 1.25. The molecule has 0 aliphatic rings. The zero-order valence-electron chi connectivity index (χ0n) is 23.8. The molecule has 0 saturated carbocycles. The highest BCUT2D eigenvalue weighted by Gasteiger charge is 2.21. The van der Waals surface area contributed by atoms with Crippen LogP contribution in [0.5, 0.6) is 0 Å². The number of aromatic nitrogens is 2. The van der Waals surface area contributed by atoms with Crippen molar-refractivity contribution in [1.29, 1.82) is 0 Å². The number of nitrogens with zero attached hydrogens (tertiary/aromatic N) is 2. The minimum absolute atomic E-state index is 1.25. The molecule has 0 atom stereocenters. The van der Waals surface area contributed by atoms with Crippen LogP contribution in [0.1, 0.15) is 0 Å². The van der Waals surface area contributed by atoms with E-state index in [0.717, 1.165) is 0 Å². The summed E-state index contributed by atoms with van der Waals surface area (Å²) in [5.74, 6) is 0. The summed E-state index contributed by atoms with van der Waals surface area (Å²) in [7, 11) is 0. The van der Waals surface area contributed by atoms with Crippen LogP contribution >= 0.6 is 0 Å². The van der Waals surface area contributed by atoms with Gasteiger partial charge in [0, 0.05) is 43.1 Å². The molecule has 0 fully saturated rings. The van der Waals surface area contributed by atoms with Gasteiger partial charge < -0.3 is 8.80 Å². The first-order chi connectivity index (χ1) is 21.8. The number of para-hydroxylation sites is 3. The summed E-state index contributed by atoms with van der Waals surface area (Å²) in [4.78, 5) is 0. The van der Waals surface area contributed by atoms with Crippen molar-refractivity contribution in [2.24, 2.45) is 0 Å². The van der Waals surface area contributed by atoms with E-state index in [1.165, 1.54) is 98.4 Å². The van der Waals surface area contributed by atoms with Gasteiger partial charge in [-0.2, -0.15) is 0 Å². The van der Waals surface area contributed by atoms with Gasteiger partial charge in [-0.05, 0) is 58.7 Å². The molecule has 2 heteroatoms. The van der Waals surface area contributed by atoms with Crippen molar-refractivity contribution in [2.75, 3.05) is 0 Å². The molecule has 0 unspecified atom stereocenters. The molecule has 0 amide bonds. The number of benzene rings is 7. The van der Waals surface area contributed by atoms with Crippen LogP contribution < -0.4 is 0 Å². The van der Waals surface area contributed by atoms with Crippen LogP contribution in [-0.2, 0) is 0 Å². The van der Waals surface area contributed by atoms with Gasteiger partial charge in [0.05, 0.1) is 33.1 Å². The van der Waals surface area contributed by atoms with Crippen molar-refractivity contribution in [2.45, 2.75) is 0 Å². The Morgan fingerprint density at radius 2 is 0.818 bits per heavy atom. The number of hydrogen-bond acceptors (Lipinski definition) is 0. The first-order valence-electron chi connectivity index (χ1n) is 15.3. The summed E-state index contributed by atoms with van der Waals surface area (Å²) in [5.41, 5.74) is 12.7. The summed E-state index contributed by atoms with van der Waals surface area (Å²) >= 11 is 0. The van der Waals surface area contributed by atoms with E-state index < -0.39 is 0 Å². The van der Waals surface area contributed by atoms with E-state index in [0.29, 0.717) is 0 Å². The van der Waals surface area contributed by atoms with Crippen molar-refractivity contribution in [1.82, 2.24) is 8.80 Å². The molecule has 0 radical (unpaired) electrons. The average Bonchev–Trinajstić information content (AvgIpc) is 3.82. The molecular weight excluding hydrogens is 532 g/mol. The first kappa shape index (κ1) is 22.7. The molecule has 4 heterocycles. The van der Waals surface area contributed by atoms with E-state index in [1.807, 2.05) is 0 Å². The quantitative estimate of drug-likeness (QED) is 0.200. The average molecular weight is 557 g/mol. The topological polar surface area (TPSA) is 8.82 Å². The molecule has 4 aromatic heterocycles. The summed E-state index contributed by atoms with van der Waals surface area (Å²) < 4.78 is 4.94. The Kier molecular flexibility index (Phi) is 4.10. The lowest BCUT2D eigenvalue weighted by Gasteiger charge is -2.07. The Morgan fingerprint density at radius 3 is 1.61 bits per heavy atom. The maximum absolute atomic E-state index is 2.47. The molecule has 44 heavy (non-hydrogen) atoms. The minimum Gasteiger partial charge on any atom is -0.308 e. The molecule has 0 aliphatic heterocycles. The summed E-state index contributed by atoms with van der Waals surface area (Å²) in [6.07, 6.45) is 0. The maximum Gasteiger partial charge on any atom is 0.0620 e. The van der Waals surface area contributed by atoms with Crippen LogP contribution in [0.25, 0.3) is 98.4 Å². The van der Waals surface area contributed by atoms with Crippen LogP contribution in [0, 0.1) is 0 Å². The van der Waals surface area contributed by atoms with Gasteiger partial charge in [-0.25, -0.2) is 0 Å². The Hall–Kier alpha value is -5.86. The van der Waals surface area contributed by atoms with Crippen molar-refractivity contribution < 1.29 is 0 Å². The van der Waals surface area contributed by atoms with Gasteiger partial charge in [0.1, 0.15) is 0 Å². The lowest BCUT2D eigenvalue weighted by Crippen LogP contribution is -1.85. The van der Waals surface area contributed by atoms with Crippen LogP contribution in [0.2, 0.25) is 0 Å². The molecule has 2 nitrogen and oxygen atoms in total. The Bertz CT molecular complexity index is 2920. The third kappa shape index (κ3) is 2.68. The standard InChI is InChI=1S/C42H24N2/c1-2-9-25(10-3-1)26-19-21-37-34(23-26)31-14-6-15-32-35-24-27(20-22-38(35)43(37)41(31)32)28-12-8-18-39-40(28)33-16-7-13-30-29-11-4-5-17-36(29)44(39)42(30)33/h1-24H. The highest BCUT2D eigenvalue weighted by Crippen LogP contribution is 2.45. The smallest absolute Gasteiger partial charge is 0.0620 e. The molecule has 0 aliphatic carbocycles. The van der Waals surface area contributed by atoms with Crippen molar-refractivity contribution in [3.8, 4) is 22.3 Å². The predicted molar refractivity (Wildman–Crippen MR) is 187 cm³/mol. The maximum atomic E-state index is 2.47. The third-order valence-corrected chi connectivity index (χ3v) is 9.98. The van der Waals surface area contributed by atoms with Gasteiger partial charge in [-0.1, -0.05) is 109 Å². The van der Waals surface area contributed by atoms with Crippen LogP contribution in [-0.4, -0.2) is 8.80 Å². The number of fused-ring (bicyclic) bond motifs is 12. The van der Waals surface area contributed by atoms with E-state index in [1.54, 1.807) is 0 Å². The van der Waals surface area contributed by atoms with E-state index >= 15 is 0 Å². The van der Waals surface area contributed by atoms with Crippen molar-refractivity contribution in [3.05, 3.63) is 146 Å². The molecule has 0 spiro atoms.